The van der Waals surface area contributed by atoms with Gasteiger partial charge in [-0.05, 0) is 6.92 Å². The molecule has 2 unspecified atom stereocenters. The number of carbonyl (C=O) groups is 2. The molecular formula is C20H27F6N7O3. The second kappa shape index (κ2) is 11.6. The Kier molecular flexibility index (Phi) is 8.94. The largest absolute Gasteiger partial charge is 0.434 e. The molecule has 2 fully saturated rings. The summed E-state index contributed by atoms with van der Waals surface area (Å²) in [4.78, 5) is 34.6. The summed E-state index contributed by atoms with van der Waals surface area (Å²) >= 11 is 0. The van der Waals surface area contributed by atoms with Gasteiger partial charge >= 0.3 is 12.4 Å². The Bertz CT molecular complexity index is 891. The number of nitrogens with one attached hydrogen (secondary N) is 3. The highest BCUT2D eigenvalue weighted by molar-refractivity contribution is 5.80. The van der Waals surface area contributed by atoms with Gasteiger partial charge in [0.2, 0.25) is 11.8 Å². The van der Waals surface area contributed by atoms with Crippen LogP contribution in [0.25, 0.3) is 0 Å². The number of hydrogen-bond acceptors (Lipinski definition) is 8. The number of nitrogens with zero attached hydrogens (tertiary/aromatic N) is 4. The summed E-state index contributed by atoms with van der Waals surface area (Å²) in [5, 5.41) is 2.75. The van der Waals surface area contributed by atoms with Crippen molar-refractivity contribution in [2.45, 2.75) is 37.8 Å². The van der Waals surface area contributed by atoms with E-state index in [2.05, 4.69) is 20.7 Å². The van der Waals surface area contributed by atoms with Crippen molar-refractivity contribution in [3.8, 4) is 0 Å². The standard InChI is InChI=1S/C20H27F6N7O3/c1-12(30-13-8-29-31-18(35)17(13)20(24,25)26)11-36-7-2-16(34)33-5-3-32(4-6-33)15-10-27-14(9-28-15)19(21,22)23/h9-10,12-13,17,29-30H,2-8,11H2,1H3,(H,31,35)/t12-,13?,17?/m0/s1. The van der Waals surface area contributed by atoms with Gasteiger partial charge in [-0.25, -0.2) is 15.4 Å². The lowest BCUT2D eigenvalue weighted by Crippen LogP contribution is -2.64. The average molecular weight is 527 g/mol. The highest BCUT2D eigenvalue weighted by Crippen LogP contribution is 2.30. The van der Waals surface area contributed by atoms with E-state index in [-0.39, 0.29) is 32.1 Å². The first kappa shape index (κ1) is 27.9. The van der Waals surface area contributed by atoms with Crippen LogP contribution in [-0.4, -0.2) is 90.9 Å². The number of aromatic nitrogens is 2. The van der Waals surface area contributed by atoms with Crippen molar-refractivity contribution in [3.05, 3.63) is 18.1 Å². The number of alkyl halides is 6. The molecule has 0 spiro atoms. The van der Waals surface area contributed by atoms with Gasteiger partial charge in [-0.3, -0.25) is 15.0 Å². The van der Waals surface area contributed by atoms with Gasteiger partial charge in [-0.2, -0.15) is 26.3 Å². The normalized spacial score (nSPS) is 22.4. The summed E-state index contributed by atoms with van der Waals surface area (Å²) in [7, 11) is 0. The molecule has 0 saturated carbocycles. The fraction of sp³-hybridized carbons (Fsp3) is 0.700. The zero-order valence-corrected chi connectivity index (χ0v) is 19.3. The summed E-state index contributed by atoms with van der Waals surface area (Å²) < 4.78 is 82.9. The molecule has 2 amide bonds. The molecule has 0 aliphatic carbocycles. The van der Waals surface area contributed by atoms with E-state index in [0.717, 1.165) is 6.20 Å². The van der Waals surface area contributed by atoms with Crippen LogP contribution in [0.1, 0.15) is 19.0 Å². The minimum Gasteiger partial charge on any atom is -0.379 e. The van der Waals surface area contributed by atoms with Gasteiger partial charge in [-0.1, -0.05) is 0 Å². The Labute approximate surface area is 202 Å². The van der Waals surface area contributed by atoms with Gasteiger partial charge in [-0.15, -0.1) is 0 Å². The van der Waals surface area contributed by atoms with E-state index < -0.39 is 42.0 Å². The number of amides is 2. The minimum absolute atomic E-state index is 0.0380. The van der Waals surface area contributed by atoms with Crippen LogP contribution in [-0.2, 0) is 20.5 Å². The average Bonchev–Trinajstić information content (AvgIpc) is 2.80. The molecule has 1 aromatic rings. The lowest BCUT2D eigenvalue weighted by atomic mass is 9.96. The van der Waals surface area contributed by atoms with Crippen LogP contribution in [0.5, 0.6) is 0 Å². The first-order chi connectivity index (χ1) is 16.9. The fourth-order valence-corrected chi connectivity index (χ4v) is 3.97. The predicted octanol–water partition coefficient (Wildman–Crippen LogP) is 0.710. The maximum Gasteiger partial charge on any atom is 0.434 e. The van der Waals surface area contributed by atoms with Crippen molar-refractivity contribution >= 4 is 17.6 Å². The summed E-state index contributed by atoms with van der Waals surface area (Å²) in [5.74, 6) is -3.23. The summed E-state index contributed by atoms with van der Waals surface area (Å²) in [5.41, 5.74) is 3.33. The topological polar surface area (TPSA) is 112 Å². The van der Waals surface area contributed by atoms with Gasteiger partial charge < -0.3 is 19.9 Å². The number of carbonyl (C=O) groups excluding carboxylic acids is 2. The van der Waals surface area contributed by atoms with Crippen molar-refractivity contribution in [1.82, 2.24) is 31.0 Å². The maximum absolute atomic E-state index is 13.2. The zero-order valence-electron chi connectivity index (χ0n) is 19.3. The first-order valence-corrected chi connectivity index (χ1v) is 11.2. The van der Waals surface area contributed by atoms with Crippen LogP contribution < -0.4 is 21.1 Å². The van der Waals surface area contributed by atoms with Crippen molar-refractivity contribution in [2.75, 3.05) is 50.8 Å². The maximum atomic E-state index is 13.2. The van der Waals surface area contributed by atoms with Gasteiger partial charge in [0, 0.05) is 44.8 Å². The molecule has 3 rings (SSSR count). The van der Waals surface area contributed by atoms with Gasteiger partial charge in [0.05, 0.1) is 32.0 Å². The molecule has 2 aliphatic rings. The molecule has 202 valence electrons. The van der Waals surface area contributed by atoms with Crippen LogP contribution >= 0.6 is 0 Å². The molecule has 3 N–H and O–H groups in total. The smallest absolute Gasteiger partial charge is 0.379 e. The highest BCUT2D eigenvalue weighted by Gasteiger charge is 2.51. The first-order valence-electron chi connectivity index (χ1n) is 11.2. The number of ether oxygens (including phenoxy) is 1. The monoisotopic (exact) mass is 527 g/mol. The summed E-state index contributed by atoms with van der Waals surface area (Å²) in [6.07, 6.45) is -7.48. The molecule has 3 heterocycles. The molecule has 36 heavy (non-hydrogen) atoms. The molecule has 0 radical (unpaired) electrons. The summed E-state index contributed by atoms with van der Waals surface area (Å²) in [6.45, 7) is 3.03. The Morgan fingerprint density at radius 1 is 1.17 bits per heavy atom. The van der Waals surface area contributed by atoms with E-state index in [9.17, 15) is 35.9 Å². The second-order valence-electron chi connectivity index (χ2n) is 8.51. The molecule has 1 aromatic heterocycles. The number of hydrazine groups is 1. The molecule has 10 nitrogen and oxygen atoms in total. The third-order valence-electron chi connectivity index (χ3n) is 5.78. The third-order valence-corrected chi connectivity index (χ3v) is 5.78. The van der Waals surface area contributed by atoms with Crippen molar-refractivity contribution in [2.24, 2.45) is 5.92 Å². The molecule has 2 saturated heterocycles. The number of anilines is 1. The number of hydrogen-bond donors (Lipinski definition) is 3. The predicted molar refractivity (Wildman–Crippen MR) is 113 cm³/mol. The van der Waals surface area contributed by atoms with Gasteiger partial charge in [0.25, 0.3) is 0 Å². The number of rotatable bonds is 8. The van der Waals surface area contributed by atoms with Crippen molar-refractivity contribution in [3.63, 3.8) is 0 Å². The molecule has 2 aliphatic heterocycles. The Morgan fingerprint density at radius 3 is 2.44 bits per heavy atom. The van der Waals surface area contributed by atoms with Gasteiger partial charge in [0.1, 0.15) is 5.82 Å². The quantitative estimate of drug-likeness (QED) is 0.335. The fourth-order valence-electron chi connectivity index (χ4n) is 3.97. The highest BCUT2D eigenvalue weighted by atomic mass is 19.4. The van der Waals surface area contributed by atoms with Crippen molar-refractivity contribution in [1.29, 1.82) is 0 Å². The Balaban J connectivity index is 1.36. The Hall–Kier alpha value is -2.72. The van der Waals surface area contributed by atoms with Crippen molar-refractivity contribution < 1.29 is 40.7 Å². The third kappa shape index (κ3) is 7.39. The molecule has 0 aromatic carbocycles. The van der Waals surface area contributed by atoms with Gasteiger partial charge in [0.15, 0.2) is 11.6 Å². The summed E-state index contributed by atoms with van der Waals surface area (Å²) in [6, 6.07) is -1.67. The van der Waals surface area contributed by atoms with E-state index in [4.69, 9.17) is 4.74 Å². The van der Waals surface area contributed by atoms with E-state index in [0.29, 0.717) is 38.2 Å². The van der Waals surface area contributed by atoms with E-state index in [1.54, 1.807) is 16.7 Å². The second-order valence-corrected chi connectivity index (χ2v) is 8.51. The number of piperazine rings is 1. The zero-order chi connectivity index (χ0) is 26.5. The molecule has 3 atom stereocenters. The van der Waals surface area contributed by atoms with Crippen LogP contribution in [0.2, 0.25) is 0 Å². The molecule has 16 heteroatoms. The lowest BCUT2D eigenvalue weighted by Gasteiger charge is -2.35. The van der Waals surface area contributed by atoms with Crippen LogP contribution in [0.4, 0.5) is 32.2 Å². The van der Waals surface area contributed by atoms with Crippen LogP contribution in [0.3, 0.4) is 0 Å². The molecule has 0 bridgehead atoms. The van der Waals surface area contributed by atoms with Crippen LogP contribution in [0.15, 0.2) is 12.4 Å². The van der Waals surface area contributed by atoms with E-state index in [1.807, 2.05) is 5.43 Å². The molecular weight excluding hydrogens is 500 g/mol. The van der Waals surface area contributed by atoms with E-state index >= 15 is 0 Å². The van der Waals surface area contributed by atoms with E-state index in [1.165, 1.54) is 0 Å². The number of halogens is 6. The lowest BCUT2D eigenvalue weighted by molar-refractivity contribution is -0.193. The van der Waals surface area contributed by atoms with Crippen LogP contribution in [0, 0.1) is 5.92 Å². The Morgan fingerprint density at radius 2 is 1.86 bits per heavy atom. The SMILES string of the molecule is C[C@@H](COCCC(=O)N1CCN(c2cnc(C(F)(F)F)cn2)CC1)NC1CNNC(=O)C1C(F)(F)F. The minimum atomic E-state index is -4.69.